The molecule has 5 heteroatoms. The van der Waals surface area contributed by atoms with Gasteiger partial charge in [-0.1, -0.05) is 369 Å². The molecule has 0 aliphatic carbocycles. The summed E-state index contributed by atoms with van der Waals surface area (Å²) in [5.41, 5.74) is 0. The van der Waals surface area contributed by atoms with Crippen molar-refractivity contribution < 1.29 is 24.2 Å². The third-order valence-corrected chi connectivity index (χ3v) is 16.7. The Hall–Kier alpha value is -2.92. The molecule has 0 aromatic carbocycles. The molecule has 0 radical (unpaired) electrons. The highest BCUT2D eigenvalue weighted by Crippen LogP contribution is 2.19. The lowest BCUT2D eigenvalue weighted by Crippen LogP contribution is -2.28. The third-order valence-electron chi connectivity index (χ3n) is 16.7. The van der Waals surface area contributed by atoms with Gasteiger partial charge in [-0.15, -0.1) is 0 Å². The van der Waals surface area contributed by atoms with Crippen molar-refractivity contribution in [2.75, 3.05) is 13.2 Å². The summed E-state index contributed by atoms with van der Waals surface area (Å²) < 4.78 is 10.8. The van der Waals surface area contributed by atoms with Crippen LogP contribution in [0.25, 0.3) is 0 Å². The van der Waals surface area contributed by atoms with Crippen LogP contribution < -0.4 is 0 Å². The zero-order chi connectivity index (χ0) is 60.5. The van der Waals surface area contributed by atoms with Crippen molar-refractivity contribution in [3.8, 4) is 0 Å². The number of carbonyl (C=O) groups is 2. The van der Waals surface area contributed by atoms with E-state index in [9.17, 15) is 14.7 Å². The van der Waals surface area contributed by atoms with Crippen LogP contribution in [0.2, 0.25) is 0 Å². The normalized spacial score (nSPS) is 12.7. The quantitative estimate of drug-likeness (QED) is 0.0373. The first-order valence-electron chi connectivity index (χ1n) is 37.1. The number of esters is 2. The highest BCUT2D eigenvalue weighted by Gasteiger charge is 2.16. The Labute approximate surface area is 524 Å². The van der Waals surface area contributed by atoms with Crippen LogP contribution in [0, 0.1) is 0 Å². The summed E-state index contributed by atoms with van der Waals surface area (Å²) in [6.07, 6.45) is 105. The molecule has 0 fully saturated rings. The maximum absolute atomic E-state index is 12.4. The lowest BCUT2D eigenvalue weighted by atomic mass is 10.0. The van der Waals surface area contributed by atoms with E-state index in [1.54, 1.807) is 0 Å². The van der Waals surface area contributed by atoms with Crippen molar-refractivity contribution in [2.45, 2.75) is 392 Å². The van der Waals surface area contributed by atoms with E-state index >= 15 is 0 Å². The smallest absolute Gasteiger partial charge is 0.306 e. The van der Waals surface area contributed by atoms with Crippen LogP contribution in [0.5, 0.6) is 0 Å². The number of ether oxygens (including phenoxy) is 2. The topological polar surface area (TPSA) is 72.8 Å². The van der Waals surface area contributed by atoms with Gasteiger partial charge in [0.25, 0.3) is 0 Å². The maximum Gasteiger partial charge on any atom is 0.306 e. The molecule has 0 amide bonds. The largest absolute Gasteiger partial charge is 0.462 e. The molecule has 0 heterocycles. The number of rotatable bonds is 69. The van der Waals surface area contributed by atoms with E-state index in [0.717, 1.165) is 77.0 Å². The van der Waals surface area contributed by atoms with Gasteiger partial charge in [0.05, 0.1) is 6.61 Å². The van der Waals surface area contributed by atoms with Crippen molar-refractivity contribution in [2.24, 2.45) is 0 Å². The lowest BCUT2D eigenvalue weighted by molar-refractivity contribution is -0.161. The molecule has 0 aliphatic rings. The van der Waals surface area contributed by atoms with Gasteiger partial charge in [-0.3, -0.25) is 9.59 Å². The zero-order valence-corrected chi connectivity index (χ0v) is 56.2. The van der Waals surface area contributed by atoms with Crippen LogP contribution in [0.4, 0.5) is 0 Å². The molecule has 1 atom stereocenters. The van der Waals surface area contributed by atoms with Crippen LogP contribution in [0.1, 0.15) is 386 Å². The molecule has 1 N–H and O–H groups in total. The van der Waals surface area contributed by atoms with Crippen molar-refractivity contribution in [3.63, 3.8) is 0 Å². The van der Waals surface area contributed by atoms with Crippen LogP contribution in [-0.4, -0.2) is 36.4 Å². The van der Waals surface area contributed by atoms with Gasteiger partial charge in [-0.2, -0.15) is 0 Å². The number of unbranched alkanes of at least 4 members (excludes halogenated alkanes) is 47. The molecule has 1 unspecified atom stereocenters. The SMILES string of the molecule is CC/C=C\C/C=C\C/C=C\C/C=C\C/C=C\CCCCCCCCCCCCCCCCCCCCCCCCCCCC(=O)OC(CO)COC(=O)CCCCCCCCCCCCCCCCCCC/C=C\C/C=C\CCCCCCC. The van der Waals surface area contributed by atoms with E-state index in [0.29, 0.717) is 12.8 Å². The van der Waals surface area contributed by atoms with E-state index < -0.39 is 6.10 Å². The molecule has 0 aromatic heterocycles. The predicted octanol–water partition coefficient (Wildman–Crippen LogP) is 26.0. The molecule has 0 aliphatic heterocycles. The summed E-state index contributed by atoms with van der Waals surface area (Å²) in [5, 5.41) is 9.71. The standard InChI is InChI=1S/C79H142O5/c1-3-5-7-9-11-13-15-17-19-21-23-25-27-29-31-33-34-35-36-37-38-39-40-41-42-43-44-46-48-50-52-54-56-58-60-62-64-66-68-70-72-74-79(82)84-77(75-80)76-83-78(81)73-71-69-67-65-63-61-59-57-55-53-51-49-47-45-32-30-28-26-24-22-20-18-16-14-12-10-8-6-4-2/h5,7,11,13,16-19,22-25,29,31,77,80H,3-4,6,8-10,12,14-15,20-21,26-28,30,32-76H2,1-2H3/b7-5-,13-11-,18-16-,19-17-,24-22-,25-23-,31-29-. The molecular formula is C79H142O5. The Kier molecular flexibility index (Phi) is 71.7. The van der Waals surface area contributed by atoms with Crippen LogP contribution in [-0.2, 0) is 19.1 Å². The molecule has 0 bridgehead atoms. The summed E-state index contributed by atoms with van der Waals surface area (Å²) in [7, 11) is 0. The van der Waals surface area contributed by atoms with Gasteiger partial charge in [0, 0.05) is 12.8 Å². The second-order valence-electron chi connectivity index (χ2n) is 25.0. The average molecular weight is 1170 g/mol. The average Bonchev–Trinajstić information content (AvgIpc) is 3.51. The van der Waals surface area contributed by atoms with Crippen LogP contribution >= 0.6 is 0 Å². The summed E-state index contributed by atoms with van der Waals surface area (Å²) in [5.74, 6) is -0.570. The van der Waals surface area contributed by atoms with Gasteiger partial charge in [0.2, 0.25) is 0 Å². The van der Waals surface area contributed by atoms with E-state index in [-0.39, 0.29) is 25.2 Å². The summed E-state index contributed by atoms with van der Waals surface area (Å²) in [4.78, 5) is 24.7. The van der Waals surface area contributed by atoms with Gasteiger partial charge >= 0.3 is 11.9 Å². The number of hydrogen-bond donors (Lipinski definition) is 1. The molecular weight excluding hydrogens is 1030 g/mol. The minimum atomic E-state index is -0.773. The summed E-state index contributed by atoms with van der Waals surface area (Å²) >= 11 is 0. The highest BCUT2D eigenvalue weighted by molar-refractivity contribution is 5.70. The summed E-state index contributed by atoms with van der Waals surface area (Å²) in [6, 6.07) is 0. The second-order valence-corrected chi connectivity index (χ2v) is 25.0. The van der Waals surface area contributed by atoms with Crippen LogP contribution in [0.15, 0.2) is 85.1 Å². The molecule has 0 rings (SSSR count). The number of aliphatic hydroxyl groups excluding tert-OH is 1. The van der Waals surface area contributed by atoms with Gasteiger partial charge in [0.1, 0.15) is 6.61 Å². The van der Waals surface area contributed by atoms with Gasteiger partial charge < -0.3 is 14.6 Å². The van der Waals surface area contributed by atoms with Gasteiger partial charge in [-0.25, -0.2) is 0 Å². The van der Waals surface area contributed by atoms with Gasteiger partial charge in [-0.05, 0) is 89.9 Å². The molecule has 0 saturated heterocycles. The minimum absolute atomic E-state index is 0.0619. The van der Waals surface area contributed by atoms with Crippen molar-refractivity contribution in [1.82, 2.24) is 0 Å². The fourth-order valence-corrected chi connectivity index (χ4v) is 11.1. The number of aliphatic hydroxyl groups is 1. The fourth-order valence-electron chi connectivity index (χ4n) is 11.1. The first-order chi connectivity index (χ1) is 41.6. The van der Waals surface area contributed by atoms with Crippen molar-refractivity contribution in [1.29, 1.82) is 0 Å². The first kappa shape index (κ1) is 81.1. The van der Waals surface area contributed by atoms with E-state index in [4.69, 9.17) is 9.47 Å². The number of carbonyl (C=O) groups excluding carboxylic acids is 2. The monoisotopic (exact) mass is 1170 g/mol. The Morgan fingerprint density at radius 1 is 0.286 bits per heavy atom. The Balaban J connectivity index is 3.39. The third kappa shape index (κ3) is 71.6. The molecule has 0 saturated carbocycles. The molecule has 488 valence electrons. The highest BCUT2D eigenvalue weighted by atomic mass is 16.6. The minimum Gasteiger partial charge on any atom is -0.462 e. The van der Waals surface area contributed by atoms with E-state index in [1.807, 2.05) is 0 Å². The van der Waals surface area contributed by atoms with Gasteiger partial charge in [0.15, 0.2) is 6.10 Å². The van der Waals surface area contributed by atoms with Crippen molar-refractivity contribution in [3.05, 3.63) is 85.1 Å². The molecule has 5 nitrogen and oxygen atoms in total. The first-order valence-corrected chi connectivity index (χ1v) is 37.1. The number of hydrogen-bond acceptors (Lipinski definition) is 5. The summed E-state index contributed by atoms with van der Waals surface area (Å²) in [6.45, 7) is 4.07. The molecule has 84 heavy (non-hydrogen) atoms. The second kappa shape index (κ2) is 74.3. The lowest BCUT2D eigenvalue weighted by Gasteiger charge is -2.15. The predicted molar refractivity (Wildman–Crippen MR) is 371 cm³/mol. The van der Waals surface area contributed by atoms with Crippen LogP contribution in [0.3, 0.4) is 0 Å². The Morgan fingerprint density at radius 2 is 0.512 bits per heavy atom. The van der Waals surface area contributed by atoms with Crippen molar-refractivity contribution >= 4 is 11.9 Å². The molecule has 0 spiro atoms. The maximum atomic E-state index is 12.4. The fraction of sp³-hybridized carbons (Fsp3) is 0.797. The molecule has 0 aromatic rings. The van der Waals surface area contributed by atoms with E-state index in [2.05, 4.69) is 98.9 Å². The Bertz CT molecular complexity index is 1520. The Morgan fingerprint density at radius 3 is 0.774 bits per heavy atom. The zero-order valence-electron chi connectivity index (χ0n) is 56.2. The van der Waals surface area contributed by atoms with E-state index in [1.165, 1.54) is 283 Å². The number of allylic oxidation sites excluding steroid dienone is 14.